The number of aryl methyl sites for hydroxylation is 1. The van der Waals surface area contributed by atoms with Crippen LogP contribution in [0.25, 0.3) is 11.8 Å². The second-order valence-corrected chi connectivity index (χ2v) is 5.53. The first-order valence-corrected chi connectivity index (χ1v) is 7.53. The fourth-order valence-electron chi connectivity index (χ4n) is 2.48. The van der Waals surface area contributed by atoms with Crippen LogP contribution in [0.4, 0.5) is 5.69 Å². The van der Waals surface area contributed by atoms with Crippen molar-refractivity contribution in [2.24, 2.45) is 0 Å². The van der Waals surface area contributed by atoms with Gasteiger partial charge in [-0.1, -0.05) is 12.1 Å². The van der Waals surface area contributed by atoms with Gasteiger partial charge in [-0.25, -0.2) is 4.79 Å². The molecule has 1 aliphatic heterocycles. The van der Waals surface area contributed by atoms with Gasteiger partial charge < -0.3 is 9.47 Å². The first-order valence-electron chi connectivity index (χ1n) is 7.53. The summed E-state index contributed by atoms with van der Waals surface area (Å²) in [6.45, 7) is 1.67. The van der Waals surface area contributed by atoms with Crippen LogP contribution in [0, 0.1) is 17.0 Å². The zero-order valence-electron chi connectivity index (χ0n) is 13.7. The van der Waals surface area contributed by atoms with E-state index in [1.165, 1.54) is 6.07 Å². The van der Waals surface area contributed by atoms with Gasteiger partial charge in [0, 0.05) is 17.2 Å². The third kappa shape index (κ3) is 3.42. The number of hydrogen-bond donors (Lipinski definition) is 0. The molecule has 0 radical (unpaired) electrons. The molecular formula is C19H15NO5. The number of cyclic esters (lactones) is 1. The van der Waals surface area contributed by atoms with E-state index in [2.05, 4.69) is 0 Å². The highest BCUT2D eigenvalue weighted by molar-refractivity contribution is 6.05. The van der Waals surface area contributed by atoms with Crippen molar-refractivity contribution in [3.8, 4) is 5.75 Å². The van der Waals surface area contributed by atoms with Gasteiger partial charge in [-0.3, -0.25) is 10.1 Å². The molecule has 6 heteroatoms. The minimum Gasteiger partial charge on any atom is -0.497 e. The van der Waals surface area contributed by atoms with Crippen molar-refractivity contribution in [3.05, 3.63) is 80.9 Å². The lowest BCUT2D eigenvalue weighted by molar-refractivity contribution is -0.385. The van der Waals surface area contributed by atoms with E-state index in [9.17, 15) is 14.9 Å². The quantitative estimate of drug-likeness (QED) is 0.366. The SMILES string of the molecule is COc1ccc(C2=C/C(=C\c3ccc(C)c([N+](=O)[O-])c3)C(=O)O2)cc1. The van der Waals surface area contributed by atoms with Gasteiger partial charge in [-0.05, 0) is 48.9 Å². The van der Waals surface area contributed by atoms with E-state index in [4.69, 9.17) is 9.47 Å². The molecule has 6 nitrogen and oxygen atoms in total. The highest BCUT2D eigenvalue weighted by Crippen LogP contribution is 2.29. The van der Waals surface area contributed by atoms with Crippen molar-refractivity contribution < 1.29 is 19.2 Å². The van der Waals surface area contributed by atoms with E-state index in [1.807, 2.05) is 0 Å². The van der Waals surface area contributed by atoms with Gasteiger partial charge in [0.05, 0.1) is 17.6 Å². The van der Waals surface area contributed by atoms with Crippen LogP contribution in [0.5, 0.6) is 5.75 Å². The Morgan fingerprint density at radius 2 is 1.88 bits per heavy atom. The number of methoxy groups -OCH3 is 1. The van der Waals surface area contributed by atoms with Crippen LogP contribution in [0.2, 0.25) is 0 Å². The molecule has 0 bridgehead atoms. The van der Waals surface area contributed by atoms with E-state index in [-0.39, 0.29) is 5.69 Å². The second-order valence-electron chi connectivity index (χ2n) is 5.53. The average Bonchev–Trinajstić information content (AvgIpc) is 2.97. The largest absolute Gasteiger partial charge is 0.497 e. The number of benzene rings is 2. The number of nitro benzene ring substituents is 1. The van der Waals surface area contributed by atoms with Crippen LogP contribution in [0.15, 0.2) is 54.1 Å². The predicted octanol–water partition coefficient (Wildman–Crippen LogP) is 3.89. The summed E-state index contributed by atoms with van der Waals surface area (Å²) >= 11 is 0. The summed E-state index contributed by atoms with van der Waals surface area (Å²) in [7, 11) is 1.57. The number of nitro groups is 1. The Morgan fingerprint density at radius 3 is 2.52 bits per heavy atom. The third-order valence-corrected chi connectivity index (χ3v) is 3.85. The van der Waals surface area contributed by atoms with Crippen LogP contribution in [0.3, 0.4) is 0 Å². The molecule has 2 aromatic rings. The van der Waals surface area contributed by atoms with Gasteiger partial charge in [0.1, 0.15) is 11.5 Å². The molecule has 0 fully saturated rings. The molecule has 0 aliphatic carbocycles. The number of hydrogen-bond acceptors (Lipinski definition) is 5. The van der Waals surface area contributed by atoms with Crippen molar-refractivity contribution in [3.63, 3.8) is 0 Å². The summed E-state index contributed by atoms with van der Waals surface area (Å²) in [5.41, 5.74) is 2.23. The lowest BCUT2D eigenvalue weighted by Gasteiger charge is -2.03. The Morgan fingerprint density at radius 1 is 1.16 bits per heavy atom. The first-order chi connectivity index (χ1) is 12.0. The zero-order valence-corrected chi connectivity index (χ0v) is 13.7. The molecule has 3 rings (SSSR count). The molecule has 0 saturated carbocycles. The fourth-order valence-corrected chi connectivity index (χ4v) is 2.48. The number of nitrogens with zero attached hydrogens (tertiary/aromatic N) is 1. The van der Waals surface area contributed by atoms with Crippen molar-refractivity contribution in [2.45, 2.75) is 6.92 Å². The van der Waals surface area contributed by atoms with Crippen LogP contribution in [0.1, 0.15) is 16.7 Å². The lowest BCUT2D eigenvalue weighted by atomic mass is 10.1. The second kappa shape index (κ2) is 6.60. The Bertz CT molecular complexity index is 910. The van der Waals surface area contributed by atoms with E-state index in [0.717, 1.165) is 5.56 Å². The van der Waals surface area contributed by atoms with E-state index in [1.54, 1.807) is 62.6 Å². The standard InChI is InChI=1S/C19H15NO5/c1-12-3-4-13(10-17(12)20(22)23)9-15-11-18(25-19(15)21)14-5-7-16(24-2)8-6-14/h3-11H,1-2H3/b15-9+. The highest BCUT2D eigenvalue weighted by Gasteiger charge is 2.22. The predicted molar refractivity (Wildman–Crippen MR) is 92.9 cm³/mol. The normalized spacial score (nSPS) is 15.0. The molecule has 0 atom stereocenters. The van der Waals surface area contributed by atoms with E-state index < -0.39 is 10.9 Å². The van der Waals surface area contributed by atoms with Gasteiger partial charge in [0.2, 0.25) is 0 Å². The maximum Gasteiger partial charge on any atom is 0.343 e. The molecule has 0 N–H and O–H groups in total. The summed E-state index contributed by atoms with van der Waals surface area (Å²) in [6, 6.07) is 11.9. The van der Waals surface area contributed by atoms with Crippen molar-refractivity contribution in [1.29, 1.82) is 0 Å². The third-order valence-electron chi connectivity index (χ3n) is 3.85. The topological polar surface area (TPSA) is 78.7 Å². The molecule has 1 heterocycles. The highest BCUT2D eigenvalue weighted by atomic mass is 16.6. The summed E-state index contributed by atoms with van der Waals surface area (Å²) in [5, 5.41) is 11.0. The molecule has 0 spiro atoms. The molecule has 0 unspecified atom stereocenters. The molecule has 0 amide bonds. The van der Waals surface area contributed by atoms with Gasteiger partial charge >= 0.3 is 5.97 Å². The van der Waals surface area contributed by atoms with Gasteiger partial charge in [-0.2, -0.15) is 0 Å². The molecule has 1 aliphatic rings. The summed E-state index contributed by atoms with van der Waals surface area (Å²) in [4.78, 5) is 22.7. The molecular weight excluding hydrogens is 322 g/mol. The molecule has 0 aromatic heterocycles. The minimum atomic E-state index is -0.492. The summed E-state index contributed by atoms with van der Waals surface area (Å²) in [5.74, 6) is 0.644. The Labute approximate surface area is 144 Å². The fraction of sp³-hybridized carbons (Fsp3) is 0.105. The lowest BCUT2D eigenvalue weighted by Crippen LogP contribution is -1.97. The number of esters is 1. The minimum absolute atomic E-state index is 0.0140. The molecule has 126 valence electrons. The molecule has 2 aromatic carbocycles. The van der Waals surface area contributed by atoms with Crippen molar-refractivity contribution >= 4 is 23.5 Å². The molecule has 0 saturated heterocycles. The van der Waals surface area contributed by atoms with Gasteiger partial charge in [-0.15, -0.1) is 0 Å². The van der Waals surface area contributed by atoms with Crippen LogP contribution in [-0.2, 0) is 9.53 Å². The van der Waals surface area contributed by atoms with Crippen LogP contribution >= 0.6 is 0 Å². The Kier molecular flexibility index (Phi) is 4.35. The maximum atomic E-state index is 12.1. The van der Waals surface area contributed by atoms with Crippen molar-refractivity contribution in [2.75, 3.05) is 7.11 Å². The first kappa shape index (κ1) is 16.4. The molecule has 25 heavy (non-hydrogen) atoms. The Balaban J connectivity index is 1.93. The van der Waals surface area contributed by atoms with Crippen LogP contribution in [-0.4, -0.2) is 18.0 Å². The number of rotatable bonds is 4. The monoisotopic (exact) mass is 337 g/mol. The summed E-state index contributed by atoms with van der Waals surface area (Å²) < 4.78 is 10.4. The number of carbonyl (C=O) groups excluding carboxylic acids is 1. The van der Waals surface area contributed by atoms with E-state index >= 15 is 0 Å². The zero-order chi connectivity index (χ0) is 18.0. The van der Waals surface area contributed by atoms with Gasteiger partial charge in [0.25, 0.3) is 5.69 Å². The Hall–Kier alpha value is -3.41. The maximum absolute atomic E-state index is 12.1. The number of ether oxygens (including phenoxy) is 2. The smallest absolute Gasteiger partial charge is 0.343 e. The average molecular weight is 337 g/mol. The van der Waals surface area contributed by atoms with Gasteiger partial charge in [0.15, 0.2) is 0 Å². The van der Waals surface area contributed by atoms with Crippen molar-refractivity contribution in [1.82, 2.24) is 0 Å². The summed E-state index contributed by atoms with van der Waals surface area (Å²) in [6.07, 6.45) is 3.20. The van der Waals surface area contributed by atoms with Crippen LogP contribution < -0.4 is 4.74 Å². The van der Waals surface area contributed by atoms with E-state index in [0.29, 0.717) is 28.2 Å². The number of carbonyl (C=O) groups is 1.